The molecule has 0 saturated carbocycles. The molecule has 0 saturated heterocycles. The maximum absolute atomic E-state index is 8.50. The molecule has 0 aliphatic carbocycles. The van der Waals surface area contributed by atoms with Crippen molar-refractivity contribution < 1.29 is 5.21 Å². The van der Waals surface area contributed by atoms with Crippen LogP contribution >= 0.6 is 0 Å². The molecule has 1 aromatic heterocycles. The smallest absolute Gasteiger partial charge is 0.132 e. The number of pyridine rings is 1. The van der Waals surface area contributed by atoms with Gasteiger partial charge in [0, 0.05) is 24.0 Å². The first-order valence-electron chi connectivity index (χ1n) is 6.37. The summed E-state index contributed by atoms with van der Waals surface area (Å²) >= 11 is 0. The normalized spacial score (nSPS) is 14.6. The number of para-hydroxylation sites is 1. The van der Waals surface area contributed by atoms with Gasteiger partial charge < -0.3 is 10.1 Å². The minimum atomic E-state index is 0.788. The predicted octanol–water partition coefficient (Wildman–Crippen LogP) is 2.97. The number of rotatable bonds is 2. The van der Waals surface area contributed by atoms with Crippen molar-refractivity contribution in [3.8, 4) is 0 Å². The van der Waals surface area contributed by atoms with Crippen molar-refractivity contribution in [2.45, 2.75) is 12.8 Å². The SMILES string of the molecule is O/N=C/c1ccc(N2CCCc3ccccc32)nc1. The Hall–Kier alpha value is -2.36. The number of anilines is 2. The number of hydrogen-bond donors (Lipinski definition) is 1. The summed E-state index contributed by atoms with van der Waals surface area (Å²) in [6.07, 6.45) is 5.35. The lowest BCUT2D eigenvalue weighted by Gasteiger charge is -2.30. The van der Waals surface area contributed by atoms with Gasteiger partial charge in [0.15, 0.2) is 0 Å². The fraction of sp³-hybridized carbons (Fsp3) is 0.200. The lowest BCUT2D eigenvalue weighted by Crippen LogP contribution is -2.25. The van der Waals surface area contributed by atoms with Crippen LogP contribution in [0.3, 0.4) is 0 Å². The quantitative estimate of drug-likeness (QED) is 0.508. The molecule has 96 valence electrons. The van der Waals surface area contributed by atoms with Gasteiger partial charge in [0.05, 0.1) is 6.21 Å². The Labute approximate surface area is 112 Å². The van der Waals surface area contributed by atoms with E-state index in [2.05, 4.69) is 39.3 Å². The molecule has 2 aromatic rings. The van der Waals surface area contributed by atoms with Crippen molar-refractivity contribution in [1.82, 2.24) is 4.98 Å². The fourth-order valence-electron chi connectivity index (χ4n) is 2.47. The van der Waals surface area contributed by atoms with Crippen LogP contribution in [0.1, 0.15) is 17.5 Å². The number of fused-ring (bicyclic) bond motifs is 1. The van der Waals surface area contributed by atoms with Gasteiger partial charge in [-0.15, -0.1) is 0 Å². The largest absolute Gasteiger partial charge is 0.411 e. The molecule has 4 heteroatoms. The zero-order valence-corrected chi connectivity index (χ0v) is 10.5. The summed E-state index contributed by atoms with van der Waals surface area (Å²) in [6, 6.07) is 12.3. The molecule has 0 radical (unpaired) electrons. The highest BCUT2D eigenvalue weighted by atomic mass is 16.4. The van der Waals surface area contributed by atoms with Gasteiger partial charge in [-0.05, 0) is 36.6 Å². The van der Waals surface area contributed by atoms with Crippen molar-refractivity contribution >= 4 is 17.7 Å². The minimum absolute atomic E-state index is 0.788. The standard InChI is InChI=1S/C15H15N3O/c19-17-11-12-7-8-15(16-10-12)18-9-3-5-13-4-1-2-6-14(13)18/h1-2,4,6-8,10-11,19H,3,5,9H2/b17-11+. The second-order valence-electron chi connectivity index (χ2n) is 4.58. The maximum Gasteiger partial charge on any atom is 0.132 e. The van der Waals surface area contributed by atoms with E-state index < -0.39 is 0 Å². The molecule has 2 heterocycles. The Morgan fingerprint density at radius 1 is 1.21 bits per heavy atom. The van der Waals surface area contributed by atoms with Crippen LogP contribution in [0.4, 0.5) is 11.5 Å². The number of aryl methyl sites for hydroxylation is 1. The molecule has 1 aliphatic rings. The highest BCUT2D eigenvalue weighted by molar-refractivity contribution is 5.79. The number of nitrogens with zero attached hydrogens (tertiary/aromatic N) is 3. The molecular formula is C15H15N3O. The number of aromatic nitrogens is 1. The Kier molecular flexibility index (Phi) is 3.14. The average molecular weight is 253 g/mol. The summed E-state index contributed by atoms with van der Waals surface area (Å²) in [5.41, 5.74) is 3.40. The summed E-state index contributed by atoms with van der Waals surface area (Å²) in [4.78, 5) is 6.68. The molecule has 0 spiro atoms. The van der Waals surface area contributed by atoms with E-state index in [9.17, 15) is 0 Å². The van der Waals surface area contributed by atoms with Gasteiger partial charge >= 0.3 is 0 Å². The van der Waals surface area contributed by atoms with Crippen LogP contribution in [-0.4, -0.2) is 23.0 Å². The first-order chi connectivity index (χ1) is 9.38. The van der Waals surface area contributed by atoms with Crippen LogP contribution in [0.15, 0.2) is 47.8 Å². The molecule has 0 amide bonds. The molecule has 0 bridgehead atoms. The second kappa shape index (κ2) is 5.10. The number of oxime groups is 1. The third-order valence-electron chi connectivity index (χ3n) is 3.36. The maximum atomic E-state index is 8.50. The van der Waals surface area contributed by atoms with E-state index in [-0.39, 0.29) is 0 Å². The lowest BCUT2D eigenvalue weighted by molar-refractivity contribution is 0.322. The van der Waals surface area contributed by atoms with Crippen LogP contribution in [-0.2, 0) is 6.42 Å². The van der Waals surface area contributed by atoms with Gasteiger partial charge in [0.2, 0.25) is 0 Å². The third kappa shape index (κ3) is 2.29. The first-order valence-corrected chi connectivity index (χ1v) is 6.37. The molecular weight excluding hydrogens is 238 g/mol. The van der Waals surface area contributed by atoms with E-state index in [0.29, 0.717) is 0 Å². The van der Waals surface area contributed by atoms with Crippen LogP contribution in [0.5, 0.6) is 0 Å². The molecule has 19 heavy (non-hydrogen) atoms. The zero-order chi connectivity index (χ0) is 13.1. The topological polar surface area (TPSA) is 48.7 Å². The molecule has 4 nitrogen and oxygen atoms in total. The van der Waals surface area contributed by atoms with E-state index in [0.717, 1.165) is 30.8 Å². The average Bonchev–Trinajstić information content (AvgIpc) is 2.48. The zero-order valence-electron chi connectivity index (χ0n) is 10.5. The number of hydrogen-bond acceptors (Lipinski definition) is 4. The predicted molar refractivity (Wildman–Crippen MR) is 75.4 cm³/mol. The van der Waals surface area contributed by atoms with Gasteiger partial charge in [-0.3, -0.25) is 0 Å². The van der Waals surface area contributed by atoms with Crippen LogP contribution in [0.25, 0.3) is 0 Å². The highest BCUT2D eigenvalue weighted by Gasteiger charge is 2.18. The van der Waals surface area contributed by atoms with Crippen molar-refractivity contribution in [2.24, 2.45) is 5.16 Å². The van der Waals surface area contributed by atoms with E-state index >= 15 is 0 Å². The van der Waals surface area contributed by atoms with Crippen molar-refractivity contribution in [3.63, 3.8) is 0 Å². The molecule has 1 aromatic carbocycles. The Balaban J connectivity index is 1.95. The van der Waals surface area contributed by atoms with E-state index in [1.54, 1.807) is 6.20 Å². The molecule has 0 unspecified atom stereocenters. The van der Waals surface area contributed by atoms with Gasteiger partial charge in [0.1, 0.15) is 5.82 Å². The van der Waals surface area contributed by atoms with Gasteiger partial charge in [0.25, 0.3) is 0 Å². The second-order valence-corrected chi connectivity index (χ2v) is 4.58. The molecule has 0 atom stereocenters. The third-order valence-corrected chi connectivity index (χ3v) is 3.36. The van der Waals surface area contributed by atoms with Crippen LogP contribution < -0.4 is 4.90 Å². The fourth-order valence-corrected chi connectivity index (χ4v) is 2.47. The lowest BCUT2D eigenvalue weighted by atomic mass is 10.0. The summed E-state index contributed by atoms with van der Waals surface area (Å²) in [5.74, 6) is 0.933. The summed E-state index contributed by atoms with van der Waals surface area (Å²) in [5, 5.41) is 11.5. The van der Waals surface area contributed by atoms with E-state index in [1.165, 1.54) is 17.5 Å². The molecule has 1 aliphatic heterocycles. The molecule has 3 rings (SSSR count). The van der Waals surface area contributed by atoms with Gasteiger partial charge in [-0.25, -0.2) is 4.98 Å². The number of benzene rings is 1. The van der Waals surface area contributed by atoms with E-state index in [4.69, 9.17) is 5.21 Å². The Morgan fingerprint density at radius 3 is 2.89 bits per heavy atom. The minimum Gasteiger partial charge on any atom is -0.411 e. The van der Waals surface area contributed by atoms with E-state index in [1.807, 2.05) is 12.1 Å². The highest BCUT2D eigenvalue weighted by Crippen LogP contribution is 2.31. The first kappa shape index (κ1) is 11.7. The van der Waals surface area contributed by atoms with Crippen molar-refractivity contribution in [2.75, 3.05) is 11.4 Å². The summed E-state index contributed by atoms with van der Waals surface area (Å²) in [7, 11) is 0. The summed E-state index contributed by atoms with van der Waals surface area (Å²) < 4.78 is 0. The molecule has 1 N–H and O–H groups in total. The van der Waals surface area contributed by atoms with Crippen molar-refractivity contribution in [3.05, 3.63) is 53.7 Å². The molecule has 0 fully saturated rings. The van der Waals surface area contributed by atoms with Gasteiger partial charge in [-0.1, -0.05) is 23.4 Å². The monoisotopic (exact) mass is 253 g/mol. The van der Waals surface area contributed by atoms with Crippen LogP contribution in [0.2, 0.25) is 0 Å². The van der Waals surface area contributed by atoms with Crippen molar-refractivity contribution in [1.29, 1.82) is 0 Å². The van der Waals surface area contributed by atoms with Crippen LogP contribution in [0, 0.1) is 0 Å². The summed E-state index contributed by atoms with van der Waals surface area (Å²) in [6.45, 7) is 0.984. The Bertz CT molecular complexity index is 593. The van der Waals surface area contributed by atoms with Gasteiger partial charge in [-0.2, -0.15) is 0 Å². The Morgan fingerprint density at radius 2 is 2.11 bits per heavy atom.